The lowest BCUT2D eigenvalue weighted by molar-refractivity contribution is -0.385. The Morgan fingerprint density at radius 1 is 1.48 bits per heavy atom. The van der Waals surface area contributed by atoms with Crippen molar-refractivity contribution in [2.45, 2.75) is 13.5 Å². The van der Waals surface area contributed by atoms with Crippen LogP contribution in [0.5, 0.6) is 5.75 Å². The summed E-state index contributed by atoms with van der Waals surface area (Å²) in [6, 6.07) is 3.93. The number of ether oxygens (including phenoxy) is 1. The second-order valence-electron chi connectivity index (χ2n) is 4.60. The standard InChI is InChI=1S/C13H12F2N4O4/c1-7-5-8(23-13(14)15)3-4-9(7)16-12(20)11-10(19(21)22)6-18(2)17-11/h3-6,13H,1-2H3,(H,16,20). The molecule has 2 aromatic rings. The second kappa shape index (κ2) is 6.38. The molecule has 1 amide bonds. The van der Waals surface area contributed by atoms with Crippen molar-refractivity contribution in [3.05, 3.63) is 45.8 Å². The molecule has 0 spiro atoms. The molecule has 0 radical (unpaired) electrons. The summed E-state index contributed by atoms with van der Waals surface area (Å²) in [5, 5.41) is 17.1. The van der Waals surface area contributed by atoms with Crippen LogP contribution >= 0.6 is 0 Å². The third-order valence-corrected chi connectivity index (χ3v) is 2.89. The summed E-state index contributed by atoms with van der Waals surface area (Å²) < 4.78 is 29.7. The third kappa shape index (κ3) is 3.78. The Bertz CT molecular complexity index is 760. The summed E-state index contributed by atoms with van der Waals surface area (Å²) in [5.41, 5.74) is -0.0169. The molecule has 0 bridgehead atoms. The molecule has 1 aromatic carbocycles. The lowest BCUT2D eigenvalue weighted by Crippen LogP contribution is -2.15. The van der Waals surface area contributed by atoms with Gasteiger partial charge in [-0.15, -0.1) is 0 Å². The molecule has 23 heavy (non-hydrogen) atoms. The van der Waals surface area contributed by atoms with Crippen molar-refractivity contribution >= 4 is 17.3 Å². The van der Waals surface area contributed by atoms with Gasteiger partial charge in [-0.2, -0.15) is 13.9 Å². The predicted octanol–water partition coefficient (Wildman–Crippen LogP) is 2.49. The lowest BCUT2D eigenvalue weighted by Gasteiger charge is -2.10. The number of halogens is 2. The predicted molar refractivity (Wildman–Crippen MR) is 75.6 cm³/mol. The summed E-state index contributed by atoms with van der Waals surface area (Å²) in [6.07, 6.45) is 1.11. The topological polar surface area (TPSA) is 99.3 Å². The van der Waals surface area contributed by atoms with Crippen LogP contribution < -0.4 is 10.1 Å². The van der Waals surface area contributed by atoms with Gasteiger partial charge in [-0.1, -0.05) is 0 Å². The van der Waals surface area contributed by atoms with Crippen LogP contribution in [-0.4, -0.2) is 27.2 Å². The third-order valence-electron chi connectivity index (χ3n) is 2.89. The summed E-state index contributed by atoms with van der Waals surface area (Å²) in [4.78, 5) is 22.3. The first-order valence-electron chi connectivity index (χ1n) is 6.32. The number of rotatable bonds is 5. The Kier molecular flexibility index (Phi) is 4.53. The van der Waals surface area contributed by atoms with Crippen LogP contribution in [0.15, 0.2) is 24.4 Å². The highest BCUT2D eigenvalue weighted by Crippen LogP contribution is 2.24. The summed E-state index contributed by atoms with van der Waals surface area (Å²) >= 11 is 0. The van der Waals surface area contributed by atoms with Gasteiger partial charge in [0.1, 0.15) is 11.9 Å². The van der Waals surface area contributed by atoms with Crippen molar-refractivity contribution in [2.24, 2.45) is 7.05 Å². The average molecular weight is 326 g/mol. The van der Waals surface area contributed by atoms with Crippen molar-refractivity contribution in [3.8, 4) is 5.75 Å². The molecule has 2 rings (SSSR count). The van der Waals surface area contributed by atoms with Crippen LogP contribution in [0.1, 0.15) is 16.1 Å². The Morgan fingerprint density at radius 2 is 2.17 bits per heavy atom. The highest BCUT2D eigenvalue weighted by Gasteiger charge is 2.25. The Balaban J connectivity index is 2.22. The molecule has 0 aliphatic heterocycles. The SMILES string of the molecule is Cc1cc(OC(F)F)ccc1NC(=O)c1nn(C)cc1[N+](=O)[O-]. The first-order valence-corrected chi connectivity index (χ1v) is 6.32. The Labute approximate surface area is 128 Å². The van der Waals surface area contributed by atoms with Crippen LogP contribution in [0.3, 0.4) is 0 Å². The van der Waals surface area contributed by atoms with E-state index < -0.39 is 23.1 Å². The zero-order valence-electron chi connectivity index (χ0n) is 12.1. The number of nitrogens with zero attached hydrogens (tertiary/aromatic N) is 3. The minimum Gasteiger partial charge on any atom is -0.435 e. The summed E-state index contributed by atoms with van der Waals surface area (Å²) in [5.74, 6) is -0.831. The number of hydrogen-bond donors (Lipinski definition) is 1. The Morgan fingerprint density at radius 3 is 2.74 bits per heavy atom. The molecular weight excluding hydrogens is 314 g/mol. The van der Waals surface area contributed by atoms with Crippen LogP contribution in [0.25, 0.3) is 0 Å². The molecule has 1 N–H and O–H groups in total. The zero-order chi connectivity index (χ0) is 17.1. The van der Waals surface area contributed by atoms with Gasteiger partial charge in [0.05, 0.1) is 4.92 Å². The molecule has 0 atom stereocenters. The van der Waals surface area contributed by atoms with Gasteiger partial charge in [0.15, 0.2) is 0 Å². The van der Waals surface area contributed by atoms with Gasteiger partial charge in [0, 0.05) is 12.7 Å². The fourth-order valence-electron chi connectivity index (χ4n) is 1.91. The van der Waals surface area contributed by atoms with Gasteiger partial charge in [-0.05, 0) is 30.7 Å². The molecule has 122 valence electrons. The van der Waals surface area contributed by atoms with Crippen LogP contribution in [0.2, 0.25) is 0 Å². The number of nitrogens with one attached hydrogen (secondary N) is 1. The number of nitro groups is 1. The second-order valence-corrected chi connectivity index (χ2v) is 4.60. The van der Waals surface area contributed by atoms with Gasteiger partial charge in [-0.25, -0.2) is 0 Å². The fourth-order valence-corrected chi connectivity index (χ4v) is 1.91. The minimum atomic E-state index is -2.95. The maximum atomic E-state index is 12.1. The van der Waals surface area contributed by atoms with Crippen molar-refractivity contribution in [3.63, 3.8) is 0 Å². The molecule has 1 aromatic heterocycles. The quantitative estimate of drug-likeness (QED) is 0.672. The number of aromatic nitrogens is 2. The number of amides is 1. The summed E-state index contributed by atoms with van der Waals surface area (Å²) in [7, 11) is 1.45. The number of carbonyl (C=O) groups is 1. The van der Waals surface area contributed by atoms with E-state index in [-0.39, 0.29) is 11.4 Å². The number of carbonyl (C=O) groups excluding carboxylic acids is 1. The van der Waals surface area contributed by atoms with Crippen molar-refractivity contribution < 1.29 is 23.2 Å². The maximum Gasteiger partial charge on any atom is 0.387 e. The van der Waals surface area contributed by atoms with Gasteiger partial charge < -0.3 is 10.1 Å². The van der Waals surface area contributed by atoms with E-state index in [2.05, 4.69) is 15.2 Å². The van der Waals surface area contributed by atoms with Crippen LogP contribution in [-0.2, 0) is 7.05 Å². The van der Waals surface area contributed by atoms with Crippen molar-refractivity contribution in [1.82, 2.24) is 9.78 Å². The van der Waals surface area contributed by atoms with E-state index >= 15 is 0 Å². The van der Waals surface area contributed by atoms with Gasteiger partial charge in [-0.3, -0.25) is 19.6 Å². The normalized spacial score (nSPS) is 10.7. The van der Waals surface area contributed by atoms with Gasteiger partial charge in [0.2, 0.25) is 5.69 Å². The van der Waals surface area contributed by atoms with E-state index in [1.807, 2.05) is 0 Å². The lowest BCUT2D eigenvalue weighted by atomic mass is 10.2. The molecule has 0 saturated carbocycles. The first kappa shape index (κ1) is 16.3. The number of anilines is 1. The van der Waals surface area contributed by atoms with Crippen molar-refractivity contribution in [1.29, 1.82) is 0 Å². The van der Waals surface area contributed by atoms with Gasteiger partial charge >= 0.3 is 12.3 Å². The largest absolute Gasteiger partial charge is 0.435 e. The van der Waals surface area contributed by atoms with E-state index in [0.29, 0.717) is 11.3 Å². The van der Waals surface area contributed by atoms with E-state index in [4.69, 9.17) is 0 Å². The van der Waals surface area contributed by atoms with Gasteiger partial charge in [0.25, 0.3) is 5.91 Å². The van der Waals surface area contributed by atoms with E-state index in [1.165, 1.54) is 25.2 Å². The molecule has 0 saturated heterocycles. The number of hydrogen-bond acceptors (Lipinski definition) is 5. The summed E-state index contributed by atoms with van der Waals surface area (Å²) in [6.45, 7) is -1.38. The molecule has 8 nitrogen and oxygen atoms in total. The molecule has 0 aliphatic carbocycles. The van der Waals surface area contributed by atoms with E-state index in [1.54, 1.807) is 6.92 Å². The average Bonchev–Trinajstić information content (AvgIpc) is 2.83. The van der Waals surface area contributed by atoms with Crippen molar-refractivity contribution in [2.75, 3.05) is 5.32 Å². The highest BCUT2D eigenvalue weighted by molar-refractivity contribution is 6.05. The minimum absolute atomic E-state index is 0.0562. The number of benzene rings is 1. The molecule has 0 fully saturated rings. The number of alkyl halides is 2. The monoisotopic (exact) mass is 326 g/mol. The smallest absolute Gasteiger partial charge is 0.387 e. The maximum absolute atomic E-state index is 12.1. The fraction of sp³-hybridized carbons (Fsp3) is 0.231. The highest BCUT2D eigenvalue weighted by atomic mass is 19.3. The molecular formula is C13H12F2N4O4. The first-order chi connectivity index (χ1) is 10.8. The van der Waals surface area contributed by atoms with Crippen LogP contribution in [0.4, 0.5) is 20.2 Å². The Hall–Kier alpha value is -3.04. The number of aryl methyl sites for hydroxylation is 2. The van der Waals surface area contributed by atoms with Crippen LogP contribution in [0, 0.1) is 17.0 Å². The zero-order valence-corrected chi connectivity index (χ0v) is 12.1. The van der Waals surface area contributed by atoms with E-state index in [9.17, 15) is 23.7 Å². The molecule has 0 unspecified atom stereocenters. The van der Waals surface area contributed by atoms with E-state index in [0.717, 1.165) is 10.9 Å². The molecule has 10 heteroatoms. The molecule has 1 heterocycles. The molecule has 0 aliphatic rings.